The Morgan fingerprint density at radius 2 is 2.00 bits per heavy atom. The first kappa shape index (κ1) is 13.7. The lowest BCUT2D eigenvalue weighted by Gasteiger charge is -2.12. The van der Waals surface area contributed by atoms with Gasteiger partial charge in [0.25, 0.3) is 0 Å². The smallest absolute Gasteiger partial charge is 0.107 e. The lowest BCUT2D eigenvalue weighted by atomic mass is 10.1. The SMILES string of the molecule is Cc1cnc(CNC(C)c2sc3ccccc3c2C)s1. The van der Waals surface area contributed by atoms with Crippen molar-refractivity contribution in [2.45, 2.75) is 33.4 Å². The molecule has 3 aromatic rings. The van der Waals surface area contributed by atoms with Gasteiger partial charge in [-0.25, -0.2) is 4.98 Å². The van der Waals surface area contributed by atoms with Crippen LogP contribution in [0.1, 0.15) is 33.3 Å². The monoisotopic (exact) mass is 302 g/mol. The number of hydrogen-bond acceptors (Lipinski definition) is 4. The third-order valence-corrected chi connectivity index (χ3v) is 5.87. The molecule has 0 fully saturated rings. The number of fused-ring (bicyclic) bond motifs is 1. The Morgan fingerprint density at radius 3 is 2.70 bits per heavy atom. The summed E-state index contributed by atoms with van der Waals surface area (Å²) in [6.45, 7) is 7.39. The summed E-state index contributed by atoms with van der Waals surface area (Å²) in [7, 11) is 0. The van der Waals surface area contributed by atoms with Crippen LogP contribution < -0.4 is 5.32 Å². The highest BCUT2D eigenvalue weighted by molar-refractivity contribution is 7.19. The highest BCUT2D eigenvalue weighted by Crippen LogP contribution is 2.34. The van der Waals surface area contributed by atoms with Crippen LogP contribution in [0.5, 0.6) is 0 Å². The first-order valence-corrected chi connectivity index (χ1v) is 8.41. The highest BCUT2D eigenvalue weighted by atomic mass is 32.1. The van der Waals surface area contributed by atoms with Gasteiger partial charge in [-0.05, 0) is 37.8 Å². The van der Waals surface area contributed by atoms with Crippen LogP contribution in [0.15, 0.2) is 30.5 Å². The Labute approximate surface area is 127 Å². The molecule has 0 aliphatic rings. The van der Waals surface area contributed by atoms with Gasteiger partial charge >= 0.3 is 0 Å². The second kappa shape index (κ2) is 5.64. The first-order valence-electron chi connectivity index (χ1n) is 6.78. The van der Waals surface area contributed by atoms with Crippen molar-refractivity contribution in [1.29, 1.82) is 0 Å². The number of aryl methyl sites for hydroxylation is 2. The van der Waals surface area contributed by atoms with Crippen molar-refractivity contribution in [3.63, 3.8) is 0 Å². The van der Waals surface area contributed by atoms with Crippen LogP contribution in [-0.4, -0.2) is 4.98 Å². The number of thiophene rings is 1. The molecule has 4 heteroatoms. The zero-order valence-corrected chi connectivity index (χ0v) is 13.6. The van der Waals surface area contributed by atoms with Crippen molar-refractivity contribution in [2.24, 2.45) is 0 Å². The van der Waals surface area contributed by atoms with Crippen molar-refractivity contribution < 1.29 is 0 Å². The van der Waals surface area contributed by atoms with Gasteiger partial charge in [-0.1, -0.05) is 18.2 Å². The molecule has 1 aromatic carbocycles. The van der Waals surface area contributed by atoms with Gasteiger partial charge in [0, 0.05) is 33.2 Å². The predicted octanol–water partition coefficient (Wildman–Crippen LogP) is 4.83. The minimum atomic E-state index is 0.358. The first-order chi connectivity index (χ1) is 9.65. The summed E-state index contributed by atoms with van der Waals surface area (Å²) in [5.74, 6) is 0. The van der Waals surface area contributed by atoms with E-state index in [0.29, 0.717) is 6.04 Å². The van der Waals surface area contributed by atoms with Gasteiger partial charge in [0.2, 0.25) is 0 Å². The minimum absolute atomic E-state index is 0.358. The molecule has 0 radical (unpaired) electrons. The number of benzene rings is 1. The van der Waals surface area contributed by atoms with Crippen molar-refractivity contribution in [2.75, 3.05) is 0 Å². The van der Waals surface area contributed by atoms with Crippen LogP contribution in [0, 0.1) is 13.8 Å². The van der Waals surface area contributed by atoms with Gasteiger partial charge < -0.3 is 5.32 Å². The van der Waals surface area contributed by atoms with Crippen LogP contribution in [0.3, 0.4) is 0 Å². The third-order valence-electron chi connectivity index (χ3n) is 3.50. The van der Waals surface area contributed by atoms with Gasteiger partial charge in [-0.2, -0.15) is 0 Å². The Hall–Kier alpha value is -1.23. The zero-order chi connectivity index (χ0) is 14.1. The van der Waals surface area contributed by atoms with Crippen LogP contribution in [0.2, 0.25) is 0 Å². The summed E-state index contributed by atoms with van der Waals surface area (Å²) in [5, 5.41) is 6.13. The van der Waals surface area contributed by atoms with Gasteiger partial charge in [-0.3, -0.25) is 0 Å². The summed E-state index contributed by atoms with van der Waals surface area (Å²) >= 11 is 3.66. The standard InChI is InChI=1S/C16H18N2S2/c1-10-8-18-15(19-10)9-17-12(3)16-11(2)13-6-4-5-7-14(13)20-16/h4-8,12,17H,9H2,1-3H3. The van der Waals surface area contributed by atoms with Crippen LogP contribution in [0.25, 0.3) is 10.1 Å². The highest BCUT2D eigenvalue weighted by Gasteiger charge is 2.14. The molecule has 0 saturated heterocycles. The van der Waals surface area contributed by atoms with Crippen molar-refractivity contribution in [3.8, 4) is 0 Å². The fraction of sp³-hybridized carbons (Fsp3) is 0.312. The van der Waals surface area contributed by atoms with E-state index in [2.05, 4.69) is 55.3 Å². The molecular formula is C16H18N2S2. The van der Waals surface area contributed by atoms with E-state index >= 15 is 0 Å². The van der Waals surface area contributed by atoms with E-state index in [1.807, 2.05) is 17.5 Å². The molecule has 2 aromatic heterocycles. The zero-order valence-electron chi connectivity index (χ0n) is 11.9. The fourth-order valence-corrected chi connectivity index (χ4v) is 4.40. The molecule has 0 bridgehead atoms. The predicted molar refractivity (Wildman–Crippen MR) is 88.7 cm³/mol. The summed E-state index contributed by atoms with van der Waals surface area (Å²) in [6, 6.07) is 8.99. The van der Waals surface area contributed by atoms with Crippen molar-refractivity contribution in [3.05, 3.63) is 50.8 Å². The van der Waals surface area contributed by atoms with Gasteiger partial charge in [0.05, 0.1) is 0 Å². The van der Waals surface area contributed by atoms with E-state index in [-0.39, 0.29) is 0 Å². The molecule has 20 heavy (non-hydrogen) atoms. The largest absolute Gasteiger partial charge is 0.303 e. The Balaban J connectivity index is 1.78. The molecular weight excluding hydrogens is 284 g/mol. The van der Waals surface area contributed by atoms with Gasteiger partial charge in [-0.15, -0.1) is 22.7 Å². The maximum absolute atomic E-state index is 4.41. The molecule has 0 aliphatic carbocycles. The number of rotatable bonds is 4. The topological polar surface area (TPSA) is 24.9 Å². The maximum atomic E-state index is 4.41. The second-order valence-corrected chi connectivity index (χ2v) is 7.46. The quantitative estimate of drug-likeness (QED) is 0.747. The molecule has 0 spiro atoms. The van der Waals surface area contributed by atoms with E-state index in [1.54, 1.807) is 11.3 Å². The van der Waals surface area contributed by atoms with E-state index in [0.717, 1.165) is 11.6 Å². The molecule has 1 unspecified atom stereocenters. The number of nitrogens with zero attached hydrogens (tertiary/aromatic N) is 1. The summed E-state index contributed by atoms with van der Waals surface area (Å²) < 4.78 is 1.37. The van der Waals surface area contributed by atoms with E-state index < -0.39 is 0 Å². The average Bonchev–Trinajstić information content (AvgIpc) is 3.01. The van der Waals surface area contributed by atoms with Crippen LogP contribution in [-0.2, 0) is 6.54 Å². The van der Waals surface area contributed by atoms with E-state index in [1.165, 1.54) is 25.4 Å². The summed E-state index contributed by atoms with van der Waals surface area (Å²) in [4.78, 5) is 7.11. The maximum Gasteiger partial charge on any atom is 0.107 e. The van der Waals surface area contributed by atoms with Crippen molar-refractivity contribution in [1.82, 2.24) is 10.3 Å². The Morgan fingerprint density at radius 1 is 1.20 bits per heavy atom. The summed E-state index contributed by atoms with van der Waals surface area (Å²) in [5.41, 5.74) is 1.40. The Kier molecular flexibility index (Phi) is 3.87. The van der Waals surface area contributed by atoms with E-state index in [9.17, 15) is 0 Å². The average molecular weight is 302 g/mol. The third kappa shape index (κ3) is 2.64. The van der Waals surface area contributed by atoms with Crippen molar-refractivity contribution >= 4 is 32.8 Å². The Bertz CT molecular complexity index is 727. The second-order valence-electron chi connectivity index (χ2n) is 5.05. The van der Waals surface area contributed by atoms with Crippen LogP contribution in [0.4, 0.5) is 0 Å². The molecule has 1 atom stereocenters. The molecule has 3 rings (SSSR count). The number of thiazole rings is 1. The van der Waals surface area contributed by atoms with Crippen LogP contribution >= 0.6 is 22.7 Å². The number of hydrogen-bond donors (Lipinski definition) is 1. The molecule has 0 amide bonds. The molecule has 0 aliphatic heterocycles. The summed E-state index contributed by atoms with van der Waals surface area (Å²) in [6.07, 6.45) is 1.94. The van der Waals surface area contributed by atoms with E-state index in [4.69, 9.17) is 0 Å². The molecule has 1 N–H and O–H groups in total. The molecule has 2 nitrogen and oxygen atoms in total. The minimum Gasteiger partial charge on any atom is -0.303 e. The fourth-order valence-electron chi connectivity index (χ4n) is 2.42. The lowest BCUT2D eigenvalue weighted by molar-refractivity contribution is 0.579. The molecule has 104 valence electrons. The van der Waals surface area contributed by atoms with Gasteiger partial charge in [0.1, 0.15) is 5.01 Å². The van der Waals surface area contributed by atoms with Gasteiger partial charge in [0.15, 0.2) is 0 Å². The molecule has 0 saturated carbocycles. The number of nitrogens with one attached hydrogen (secondary N) is 1. The lowest BCUT2D eigenvalue weighted by Crippen LogP contribution is -2.17. The number of aromatic nitrogens is 1. The normalized spacial score (nSPS) is 12.9. The molecule has 2 heterocycles.